The number of aryl methyl sites for hydroxylation is 1. The fraction of sp³-hybridized carbons (Fsp3) is 0.486. The number of piperidine rings is 1. The molecule has 2 fully saturated rings. The number of carbonyl (C=O) groups excluding carboxylic acids is 2. The number of halogens is 1. The number of thioether (sulfide) groups is 1. The molecule has 2 atom stereocenters. The predicted molar refractivity (Wildman–Crippen MR) is 200 cm³/mol. The number of piperazine rings is 1. The lowest BCUT2D eigenvalue weighted by Crippen LogP contribution is -2.51. The van der Waals surface area contributed by atoms with Gasteiger partial charge in [-0.05, 0) is 62.4 Å². The molecule has 4 heterocycles. The van der Waals surface area contributed by atoms with Crippen LogP contribution in [0.3, 0.4) is 0 Å². The normalized spacial score (nSPS) is 18.6. The van der Waals surface area contributed by atoms with Crippen LogP contribution in [0, 0.1) is 17.2 Å². The van der Waals surface area contributed by atoms with Gasteiger partial charge in [0.25, 0.3) is 0 Å². The van der Waals surface area contributed by atoms with Crippen molar-refractivity contribution >= 4 is 57.7 Å². The number of benzene rings is 1. The second-order valence-corrected chi connectivity index (χ2v) is 14.9. The summed E-state index contributed by atoms with van der Waals surface area (Å²) in [5.74, 6) is 1.29. The lowest BCUT2D eigenvalue weighted by Gasteiger charge is -2.40. The number of nitriles is 1. The van der Waals surface area contributed by atoms with Crippen LogP contribution in [0.1, 0.15) is 49.6 Å². The van der Waals surface area contributed by atoms with Gasteiger partial charge in [-0.15, -0.1) is 0 Å². The van der Waals surface area contributed by atoms with Crippen molar-refractivity contribution in [2.45, 2.75) is 54.0 Å². The zero-order chi connectivity index (χ0) is 34.8. The molecule has 0 aliphatic carbocycles. The highest BCUT2D eigenvalue weighted by Gasteiger charge is 2.29. The standard InChI is InChI=1S/C35H44IN9O3S/c1-24(47)39-28-8-6-26(7-9-28)33-30(21-37)34(38)42-35(41-33)49-23-29-5-2-4-27(40-29)10-11-32(48)45-17-15-43(16-18-45)22-25-12-14-44(13-3-19-46)31(36)20-25/h2,4-9,25,31,46H,3,10-20,22-23H2,1H3,(H,39,47)(H2,38,41,42). The molecule has 12 nitrogen and oxygen atoms in total. The van der Waals surface area contributed by atoms with Gasteiger partial charge >= 0.3 is 0 Å². The van der Waals surface area contributed by atoms with Gasteiger partial charge in [0.1, 0.15) is 17.5 Å². The Bertz CT molecular complexity index is 1630. The van der Waals surface area contributed by atoms with Crippen molar-refractivity contribution in [2.75, 3.05) is 63.5 Å². The number of hydrogen-bond acceptors (Lipinski definition) is 11. The Kier molecular flexibility index (Phi) is 13.6. The number of aromatic nitrogens is 3. The summed E-state index contributed by atoms with van der Waals surface area (Å²) in [6.45, 7) is 8.23. The van der Waals surface area contributed by atoms with E-state index in [2.05, 4.69) is 53.7 Å². The Morgan fingerprint density at radius 1 is 1.08 bits per heavy atom. The summed E-state index contributed by atoms with van der Waals surface area (Å²) < 4.78 is 0.528. The molecule has 14 heteroatoms. The third-order valence-corrected chi connectivity index (χ3v) is 11.1. The van der Waals surface area contributed by atoms with Crippen molar-refractivity contribution in [2.24, 2.45) is 5.92 Å². The number of alkyl halides is 1. The molecular formula is C35H44IN9O3S. The Morgan fingerprint density at radius 2 is 1.84 bits per heavy atom. The third kappa shape index (κ3) is 10.6. The number of nitrogens with one attached hydrogen (secondary N) is 1. The Labute approximate surface area is 306 Å². The molecule has 4 N–H and O–H groups in total. The van der Waals surface area contributed by atoms with E-state index in [-0.39, 0.29) is 29.8 Å². The maximum atomic E-state index is 13.1. The SMILES string of the molecule is CC(=O)Nc1ccc(-c2nc(SCc3cccc(CCC(=O)N4CCN(CC5CCN(CCCO)C(I)C5)CC4)n3)nc(N)c2C#N)cc1. The van der Waals surface area contributed by atoms with Crippen LogP contribution in [0.15, 0.2) is 47.6 Å². The molecule has 2 saturated heterocycles. The zero-order valence-corrected chi connectivity index (χ0v) is 30.8. The van der Waals surface area contributed by atoms with Crippen molar-refractivity contribution in [3.63, 3.8) is 0 Å². The van der Waals surface area contributed by atoms with Crippen LogP contribution in [0.4, 0.5) is 11.5 Å². The number of nitrogen functional groups attached to an aromatic ring is 1. The van der Waals surface area contributed by atoms with E-state index in [9.17, 15) is 14.9 Å². The second kappa shape index (κ2) is 18.0. The number of anilines is 2. The van der Waals surface area contributed by atoms with E-state index in [1.54, 1.807) is 24.3 Å². The molecule has 2 aliphatic heterocycles. The lowest BCUT2D eigenvalue weighted by atomic mass is 9.95. The molecule has 2 unspecified atom stereocenters. The number of nitrogens with two attached hydrogens (primary N) is 1. The van der Waals surface area contributed by atoms with Crippen molar-refractivity contribution in [3.05, 3.63) is 59.4 Å². The van der Waals surface area contributed by atoms with Gasteiger partial charge in [0.2, 0.25) is 11.8 Å². The molecule has 0 spiro atoms. The van der Waals surface area contributed by atoms with Crippen LogP contribution < -0.4 is 11.1 Å². The average Bonchev–Trinajstić information content (AvgIpc) is 3.10. The minimum atomic E-state index is -0.169. The first-order chi connectivity index (χ1) is 23.7. The van der Waals surface area contributed by atoms with Gasteiger partial charge in [-0.2, -0.15) is 5.26 Å². The Balaban J connectivity index is 1.09. The van der Waals surface area contributed by atoms with E-state index < -0.39 is 0 Å². The fourth-order valence-corrected chi connectivity index (χ4v) is 8.34. The van der Waals surface area contributed by atoms with E-state index in [4.69, 9.17) is 15.8 Å². The molecular weight excluding hydrogens is 753 g/mol. The largest absolute Gasteiger partial charge is 0.396 e. The summed E-state index contributed by atoms with van der Waals surface area (Å²) >= 11 is 3.93. The molecule has 2 amide bonds. The number of likely N-dealkylation sites (tertiary alicyclic amines) is 1. The number of rotatable bonds is 13. The van der Waals surface area contributed by atoms with Gasteiger partial charge in [-0.25, -0.2) is 9.97 Å². The van der Waals surface area contributed by atoms with Crippen LogP contribution in [0.25, 0.3) is 11.3 Å². The maximum Gasteiger partial charge on any atom is 0.223 e. The molecule has 0 saturated carbocycles. The first kappa shape index (κ1) is 36.9. The van der Waals surface area contributed by atoms with Crippen molar-refractivity contribution in [1.82, 2.24) is 29.7 Å². The highest BCUT2D eigenvalue weighted by atomic mass is 127. The highest BCUT2D eigenvalue weighted by Crippen LogP contribution is 2.30. The van der Waals surface area contributed by atoms with Gasteiger partial charge in [-0.1, -0.05) is 52.6 Å². The molecule has 0 radical (unpaired) electrons. The van der Waals surface area contributed by atoms with Crippen LogP contribution in [-0.4, -0.2) is 103 Å². The average molecular weight is 798 g/mol. The van der Waals surface area contributed by atoms with Crippen LogP contribution >= 0.6 is 34.4 Å². The number of aliphatic hydroxyl groups is 1. The summed E-state index contributed by atoms with van der Waals surface area (Å²) in [4.78, 5) is 45.3. The minimum Gasteiger partial charge on any atom is -0.396 e. The van der Waals surface area contributed by atoms with E-state index in [1.165, 1.54) is 31.5 Å². The fourth-order valence-electron chi connectivity index (χ4n) is 6.30. The molecule has 0 bridgehead atoms. The zero-order valence-electron chi connectivity index (χ0n) is 27.9. The van der Waals surface area contributed by atoms with Gasteiger partial charge in [-0.3, -0.25) is 24.4 Å². The van der Waals surface area contributed by atoms with E-state index >= 15 is 0 Å². The van der Waals surface area contributed by atoms with Crippen LogP contribution in [0.2, 0.25) is 0 Å². The smallest absolute Gasteiger partial charge is 0.223 e. The van der Waals surface area contributed by atoms with E-state index in [1.807, 2.05) is 23.1 Å². The molecule has 2 aliphatic rings. The van der Waals surface area contributed by atoms with Crippen molar-refractivity contribution in [3.8, 4) is 17.3 Å². The molecule has 2 aromatic heterocycles. The van der Waals surface area contributed by atoms with Crippen LogP contribution in [-0.2, 0) is 21.8 Å². The quantitative estimate of drug-likeness (QED) is 0.0748. The summed E-state index contributed by atoms with van der Waals surface area (Å²) in [6.07, 6.45) is 4.21. The molecule has 3 aromatic rings. The summed E-state index contributed by atoms with van der Waals surface area (Å²) in [6, 6.07) is 15.0. The Hall–Kier alpha value is -3.36. The van der Waals surface area contributed by atoms with E-state index in [0.717, 1.165) is 63.6 Å². The Morgan fingerprint density at radius 3 is 2.53 bits per heavy atom. The highest BCUT2D eigenvalue weighted by molar-refractivity contribution is 14.1. The van der Waals surface area contributed by atoms with Crippen molar-refractivity contribution < 1.29 is 14.7 Å². The van der Waals surface area contributed by atoms with Gasteiger partial charge in [0, 0.05) is 81.9 Å². The number of pyridine rings is 1. The molecule has 1 aromatic carbocycles. The van der Waals surface area contributed by atoms with Crippen molar-refractivity contribution in [1.29, 1.82) is 5.26 Å². The number of hydrogen-bond donors (Lipinski definition) is 3. The first-order valence-electron chi connectivity index (χ1n) is 16.7. The predicted octanol–water partition coefficient (Wildman–Crippen LogP) is 4.18. The topological polar surface area (TPSA) is 165 Å². The molecule has 5 rings (SSSR count). The monoisotopic (exact) mass is 797 g/mol. The second-order valence-electron chi connectivity index (χ2n) is 12.5. The number of carbonyl (C=O) groups is 2. The summed E-state index contributed by atoms with van der Waals surface area (Å²) in [5.41, 5.74) is 9.81. The summed E-state index contributed by atoms with van der Waals surface area (Å²) in [5, 5.41) is 22.0. The molecule has 49 heavy (non-hydrogen) atoms. The van der Waals surface area contributed by atoms with Gasteiger partial charge in [0.15, 0.2) is 5.16 Å². The van der Waals surface area contributed by atoms with E-state index in [0.29, 0.717) is 50.7 Å². The van der Waals surface area contributed by atoms with Crippen LogP contribution in [0.5, 0.6) is 0 Å². The third-order valence-electron chi connectivity index (χ3n) is 8.91. The minimum absolute atomic E-state index is 0.104. The van der Waals surface area contributed by atoms with Gasteiger partial charge < -0.3 is 21.1 Å². The first-order valence-corrected chi connectivity index (χ1v) is 19.0. The summed E-state index contributed by atoms with van der Waals surface area (Å²) in [7, 11) is 0. The lowest BCUT2D eigenvalue weighted by molar-refractivity contribution is -0.133. The maximum absolute atomic E-state index is 13.1. The molecule has 260 valence electrons. The number of aliphatic hydroxyl groups excluding tert-OH is 1. The number of amides is 2. The number of nitrogens with zero attached hydrogens (tertiary/aromatic N) is 7. The van der Waals surface area contributed by atoms with Gasteiger partial charge in [0.05, 0.1) is 15.4 Å².